The Kier molecular flexibility index (Phi) is 5.95. The van der Waals surface area contributed by atoms with Crippen molar-refractivity contribution >= 4 is 15.9 Å². The highest BCUT2D eigenvalue weighted by molar-refractivity contribution is 9.10. The van der Waals surface area contributed by atoms with Crippen LogP contribution in [0.2, 0.25) is 0 Å². The minimum absolute atomic E-state index is 0.231. The number of hydrogen-bond donors (Lipinski definition) is 2. The van der Waals surface area contributed by atoms with Crippen LogP contribution in [0.15, 0.2) is 22.7 Å². The lowest BCUT2D eigenvalue weighted by Gasteiger charge is -2.17. The van der Waals surface area contributed by atoms with Gasteiger partial charge in [0.1, 0.15) is 5.75 Å². The first-order valence-electron chi connectivity index (χ1n) is 5.82. The first-order chi connectivity index (χ1) is 8.04. The normalized spacial score (nSPS) is 14.4. The van der Waals surface area contributed by atoms with Crippen molar-refractivity contribution in [2.45, 2.75) is 32.4 Å². The second-order valence-electron chi connectivity index (χ2n) is 4.18. The Morgan fingerprint density at radius 2 is 2.12 bits per heavy atom. The van der Waals surface area contributed by atoms with Crippen LogP contribution in [0.25, 0.3) is 0 Å². The van der Waals surface area contributed by atoms with Gasteiger partial charge in [-0.15, -0.1) is 0 Å². The molecule has 2 atom stereocenters. The Bertz CT molecular complexity index is 355. The molecular formula is C13H20BrNO2. The summed E-state index contributed by atoms with van der Waals surface area (Å²) in [7, 11) is 1.92. The van der Waals surface area contributed by atoms with Crippen LogP contribution >= 0.6 is 15.9 Å². The van der Waals surface area contributed by atoms with Gasteiger partial charge in [-0.2, -0.15) is 0 Å². The largest absolute Gasteiger partial charge is 0.493 e. The molecule has 0 aliphatic rings. The highest BCUT2D eigenvalue weighted by Gasteiger charge is 2.11. The summed E-state index contributed by atoms with van der Waals surface area (Å²) in [6.07, 6.45) is 0.319. The number of ether oxygens (including phenoxy) is 1. The standard InChI is InChI=1S/C13H20BrNO2/c1-9(16)6-7-17-13-5-4-11(14)8-12(13)10(2)15-3/h4-5,8-10,15-16H,6-7H2,1-3H3. The zero-order chi connectivity index (χ0) is 12.8. The van der Waals surface area contributed by atoms with Crippen molar-refractivity contribution in [3.05, 3.63) is 28.2 Å². The quantitative estimate of drug-likeness (QED) is 0.849. The van der Waals surface area contributed by atoms with Crippen LogP contribution in [0.5, 0.6) is 5.75 Å². The van der Waals surface area contributed by atoms with Crippen molar-refractivity contribution < 1.29 is 9.84 Å². The van der Waals surface area contributed by atoms with E-state index >= 15 is 0 Å². The summed E-state index contributed by atoms with van der Waals surface area (Å²) in [5.74, 6) is 0.871. The summed E-state index contributed by atoms with van der Waals surface area (Å²) in [6, 6.07) is 6.20. The maximum atomic E-state index is 9.20. The number of benzene rings is 1. The third-order valence-electron chi connectivity index (χ3n) is 2.66. The van der Waals surface area contributed by atoms with E-state index < -0.39 is 0 Å². The fraction of sp³-hybridized carbons (Fsp3) is 0.538. The molecule has 0 aromatic heterocycles. The third kappa shape index (κ3) is 4.66. The topological polar surface area (TPSA) is 41.5 Å². The van der Waals surface area contributed by atoms with Gasteiger partial charge in [-0.3, -0.25) is 0 Å². The monoisotopic (exact) mass is 301 g/mol. The zero-order valence-electron chi connectivity index (χ0n) is 10.5. The van der Waals surface area contributed by atoms with E-state index in [4.69, 9.17) is 4.74 Å². The molecule has 0 radical (unpaired) electrons. The van der Waals surface area contributed by atoms with Crippen molar-refractivity contribution in [1.29, 1.82) is 0 Å². The third-order valence-corrected chi connectivity index (χ3v) is 3.16. The smallest absolute Gasteiger partial charge is 0.124 e. The van der Waals surface area contributed by atoms with E-state index in [0.717, 1.165) is 15.8 Å². The minimum atomic E-state index is -0.323. The number of aliphatic hydroxyl groups excluding tert-OH is 1. The van der Waals surface area contributed by atoms with E-state index in [1.54, 1.807) is 6.92 Å². The number of aliphatic hydroxyl groups is 1. The molecule has 0 saturated heterocycles. The van der Waals surface area contributed by atoms with Crippen LogP contribution in [0.3, 0.4) is 0 Å². The molecule has 0 heterocycles. The van der Waals surface area contributed by atoms with Gasteiger partial charge in [0.2, 0.25) is 0 Å². The van der Waals surface area contributed by atoms with Crippen LogP contribution in [-0.4, -0.2) is 24.9 Å². The van der Waals surface area contributed by atoms with E-state index in [2.05, 4.69) is 34.2 Å². The van der Waals surface area contributed by atoms with Gasteiger partial charge in [-0.05, 0) is 39.1 Å². The van der Waals surface area contributed by atoms with Crippen molar-refractivity contribution in [2.75, 3.05) is 13.7 Å². The average Bonchev–Trinajstić information content (AvgIpc) is 2.29. The molecule has 17 heavy (non-hydrogen) atoms. The lowest BCUT2D eigenvalue weighted by molar-refractivity contribution is 0.155. The molecule has 0 aliphatic carbocycles. The predicted octanol–water partition coefficient (Wildman–Crippen LogP) is 2.88. The van der Waals surface area contributed by atoms with E-state index in [1.165, 1.54) is 0 Å². The molecule has 0 fully saturated rings. The van der Waals surface area contributed by atoms with E-state index in [1.807, 2.05) is 19.2 Å². The Hall–Kier alpha value is -0.580. The molecule has 0 amide bonds. The van der Waals surface area contributed by atoms with Gasteiger partial charge in [-0.1, -0.05) is 15.9 Å². The van der Waals surface area contributed by atoms with Gasteiger partial charge in [0.25, 0.3) is 0 Å². The van der Waals surface area contributed by atoms with Crippen LogP contribution in [0, 0.1) is 0 Å². The number of hydrogen-bond acceptors (Lipinski definition) is 3. The molecule has 2 unspecified atom stereocenters. The molecule has 1 aromatic carbocycles. The van der Waals surface area contributed by atoms with Gasteiger partial charge < -0.3 is 15.2 Å². The van der Waals surface area contributed by atoms with Crippen molar-refractivity contribution in [3.63, 3.8) is 0 Å². The van der Waals surface area contributed by atoms with E-state index in [-0.39, 0.29) is 12.1 Å². The van der Waals surface area contributed by atoms with E-state index in [9.17, 15) is 5.11 Å². The maximum absolute atomic E-state index is 9.20. The average molecular weight is 302 g/mol. The van der Waals surface area contributed by atoms with Crippen molar-refractivity contribution in [3.8, 4) is 5.75 Å². The SMILES string of the molecule is CNC(C)c1cc(Br)ccc1OCCC(C)O. The number of halogens is 1. The van der Waals surface area contributed by atoms with Crippen LogP contribution < -0.4 is 10.1 Å². The zero-order valence-corrected chi connectivity index (χ0v) is 12.1. The first-order valence-corrected chi connectivity index (χ1v) is 6.61. The molecule has 0 aliphatic heterocycles. The molecule has 96 valence electrons. The van der Waals surface area contributed by atoms with Gasteiger partial charge >= 0.3 is 0 Å². The Balaban J connectivity index is 2.76. The van der Waals surface area contributed by atoms with E-state index in [0.29, 0.717) is 13.0 Å². The van der Waals surface area contributed by atoms with Crippen molar-refractivity contribution in [1.82, 2.24) is 5.32 Å². The van der Waals surface area contributed by atoms with Gasteiger partial charge in [0, 0.05) is 22.5 Å². The van der Waals surface area contributed by atoms with Gasteiger partial charge in [0.15, 0.2) is 0 Å². The summed E-state index contributed by atoms with van der Waals surface area (Å²) in [4.78, 5) is 0. The fourth-order valence-corrected chi connectivity index (χ4v) is 1.86. The molecule has 1 rings (SSSR count). The maximum Gasteiger partial charge on any atom is 0.124 e. The number of nitrogens with one attached hydrogen (secondary N) is 1. The lowest BCUT2D eigenvalue weighted by Crippen LogP contribution is -2.15. The highest BCUT2D eigenvalue weighted by atomic mass is 79.9. The Labute approximate surface area is 111 Å². The molecule has 0 bridgehead atoms. The minimum Gasteiger partial charge on any atom is -0.493 e. The van der Waals surface area contributed by atoms with Gasteiger partial charge in [-0.25, -0.2) is 0 Å². The van der Waals surface area contributed by atoms with Crippen LogP contribution in [0.1, 0.15) is 31.9 Å². The first kappa shape index (κ1) is 14.5. The van der Waals surface area contributed by atoms with Crippen LogP contribution in [-0.2, 0) is 0 Å². The second-order valence-corrected chi connectivity index (χ2v) is 5.09. The molecule has 3 nitrogen and oxygen atoms in total. The van der Waals surface area contributed by atoms with Crippen LogP contribution in [0.4, 0.5) is 0 Å². The summed E-state index contributed by atoms with van der Waals surface area (Å²) in [6.45, 7) is 4.38. The molecular weight excluding hydrogens is 282 g/mol. The molecule has 0 spiro atoms. The number of rotatable bonds is 6. The Morgan fingerprint density at radius 1 is 1.41 bits per heavy atom. The lowest BCUT2D eigenvalue weighted by atomic mass is 10.1. The fourth-order valence-electron chi connectivity index (χ4n) is 1.48. The molecule has 0 saturated carbocycles. The summed E-state index contributed by atoms with van der Waals surface area (Å²) < 4.78 is 6.74. The van der Waals surface area contributed by atoms with Crippen molar-refractivity contribution in [2.24, 2.45) is 0 Å². The second kappa shape index (κ2) is 6.99. The molecule has 2 N–H and O–H groups in total. The molecule has 4 heteroatoms. The predicted molar refractivity (Wildman–Crippen MR) is 73.4 cm³/mol. The Morgan fingerprint density at radius 3 is 2.71 bits per heavy atom. The summed E-state index contributed by atoms with van der Waals surface area (Å²) in [5, 5.41) is 12.4. The summed E-state index contributed by atoms with van der Waals surface area (Å²) in [5.41, 5.74) is 1.12. The summed E-state index contributed by atoms with van der Waals surface area (Å²) >= 11 is 3.46. The highest BCUT2D eigenvalue weighted by Crippen LogP contribution is 2.28. The van der Waals surface area contributed by atoms with Gasteiger partial charge in [0.05, 0.1) is 12.7 Å². The molecule has 1 aromatic rings.